The van der Waals surface area contributed by atoms with Gasteiger partial charge in [0, 0.05) is 36.6 Å². The van der Waals surface area contributed by atoms with Crippen molar-refractivity contribution in [2.24, 2.45) is 0 Å². The van der Waals surface area contributed by atoms with Gasteiger partial charge in [-0.15, -0.1) is 0 Å². The van der Waals surface area contributed by atoms with Crippen LogP contribution in [0.25, 0.3) is 5.76 Å². The molecule has 2 aromatic carbocycles. The molecule has 1 fully saturated rings. The van der Waals surface area contributed by atoms with Crippen LogP contribution in [0.3, 0.4) is 0 Å². The maximum Gasteiger partial charge on any atom is 0.295 e. The quantitative estimate of drug-likeness (QED) is 0.225. The van der Waals surface area contributed by atoms with Crippen LogP contribution in [0.4, 0.5) is 4.39 Å². The van der Waals surface area contributed by atoms with Gasteiger partial charge < -0.3 is 19.3 Å². The highest BCUT2D eigenvalue weighted by atomic mass is 19.1. The Bertz CT molecular complexity index is 1220. The Morgan fingerprint density at radius 3 is 2.59 bits per heavy atom. The lowest BCUT2D eigenvalue weighted by molar-refractivity contribution is -0.140. The Morgan fingerprint density at radius 2 is 1.91 bits per heavy atom. The minimum atomic E-state index is -1.04. The van der Waals surface area contributed by atoms with Gasteiger partial charge in [-0.25, -0.2) is 9.37 Å². The van der Waals surface area contributed by atoms with Gasteiger partial charge >= 0.3 is 0 Å². The number of aliphatic hydroxyl groups is 1. The van der Waals surface area contributed by atoms with Crippen LogP contribution in [0, 0.1) is 5.82 Å². The summed E-state index contributed by atoms with van der Waals surface area (Å²) in [5.74, 6) is -1.99. The third-order valence-electron chi connectivity index (χ3n) is 5.61. The van der Waals surface area contributed by atoms with Crippen LogP contribution in [0.15, 0.2) is 85.5 Å². The largest absolute Gasteiger partial charge is 0.507 e. The number of amides is 1. The second-order valence-corrected chi connectivity index (χ2v) is 7.79. The summed E-state index contributed by atoms with van der Waals surface area (Å²) >= 11 is 0. The molecule has 1 aliphatic heterocycles. The molecule has 1 saturated heterocycles. The van der Waals surface area contributed by atoms with E-state index in [9.17, 15) is 19.1 Å². The summed E-state index contributed by atoms with van der Waals surface area (Å²) in [6, 6.07) is 11.4. The first kappa shape index (κ1) is 23.0. The highest BCUT2D eigenvalue weighted by Gasteiger charge is 2.46. The summed E-state index contributed by atoms with van der Waals surface area (Å²) in [5.41, 5.74) is 0.331. The van der Waals surface area contributed by atoms with E-state index in [2.05, 4.69) is 11.6 Å². The zero-order chi connectivity index (χ0) is 24.1. The molecule has 1 aromatic heterocycles. The molecule has 1 amide bonds. The summed E-state index contributed by atoms with van der Waals surface area (Å²) < 4.78 is 22.1. The highest BCUT2D eigenvalue weighted by molar-refractivity contribution is 6.46. The Morgan fingerprint density at radius 1 is 1.15 bits per heavy atom. The number of aliphatic hydroxyl groups excluding tert-OH is 1. The molecule has 0 aliphatic carbocycles. The zero-order valence-electron chi connectivity index (χ0n) is 18.4. The molecular weight excluding hydrogens is 437 g/mol. The second-order valence-electron chi connectivity index (χ2n) is 7.79. The molecule has 1 atom stereocenters. The second kappa shape index (κ2) is 10.2. The minimum Gasteiger partial charge on any atom is -0.507 e. The maximum atomic E-state index is 14.8. The number of ketones is 1. The number of aryl methyl sites for hydroxylation is 1. The monoisotopic (exact) mass is 461 g/mol. The summed E-state index contributed by atoms with van der Waals surface area (Å²) in [6.45, 7) is 4.69. The molecule has 0 spiro atoms. The minimum absolute atomic E-state index is 0.141. The van der Waals surface area contributed by atoms with Crippen LogP contribution >= 0.6 is 0 Å². The standard InChI is InChI=1S/C26H24FN3O4/c1-2-16-34-19-10-8-18(9-11-19)24(31)22-23(20-6-3-4-7-21(20)27)30(26(33)25(22)32)14-5-13-29-15-12-28-17-29/h2-4,6-12,15,17,23,31H,1,5,13-14,16H2. The van der Waals surface area contributed by atoms with E-state index in [1.807, 2.05) is 4.57 Å². The highest BCUT2D eigenvalue weighted by Crippen LogP contribution is 2.40. The molecule has 174 valence electrons. The zero-order valence-corrected chi connectivity index (χ0v) is 18.4. The number of hydrogen-bond acceptors (Lipinski definition) is 5. The van der Waals surface area contributed by atoms with Gasteiger partial charge in [-0.05, 0) is 36.8 Å². The number of rotatable bonds is 9. The number of likely N-dealkylation sites (tertiary alicyclic amines) is 1. The number of halogens is 1. The fraction of sp³-hybridized carbons (Fsp3) is 0.192. The SMILES string of the molecule is C=CCOc1ccc(C(O)=C2C(=O)C(=O)N(CCCn3ccnc3)C2c2ccccc2F)cc1. The van der Waals surface area contributed by atoms with E-state index in [-0.39, 0.29) is 23.4 Å². The molecule has 1 aliphatic rings. The number of nitrogens with zero attached hydrogens (tertiary/aromatic N) is 3. The van der Waals surface area contributed by atoms with Crippen molar-refractivity contribution in [3.8, 4) is 5.75 Å². The molecule has 0 radical (unpaired) electrons. The fourth-order valence-corrected chi connectivity index (χ4v) is 3.99. The molecule has 1 unspecified atom stereocenters. The van der Waals surface area contributed by atoms with Crippen molar-refractivity contribution in [3.05, 3.63) is 102 Å². The van der Waals surface area contributed by atoms with Gasteiger partial charge in [0.05, 0.1) is 17.9 Å². The van der Waals surface area contributed by atoms with Crippen molar-refractivity contribution in [2.45, 2.75) is 19.0 Å². The number of imidazole rings is 1. The van der Waals surface area contributed by atoms with Crippen LogP contribution in [-0.4, -0.2) is 44.4 Å². The molecule has 8 heteroatoms. The van der Waals surface area contributed by atoms with E-state index in [4.69, 9.17) is 4.74 Å². The Kier molecular flexibility index (Phi) is 6.87. The van der Waals surface area contributed by atoms with E-state index in [1.54, 1.807) is 55.1 Å². The first-order chi connectivity index (χ1) is 16.5. The summed E-state index contributed by atoms with van der Waals surface area (Å²) in [5, 5.41) is 11.1. The van der Waals surface area contributed by atoms with Crippen molar-refractivity contribution in [1.82, 2.24) is 14.5 Å². The van der Waals surface area contributed by atoms with E-state index in [1.165, 1.54) is 23.1 Å². The van der Waals surface area contributed by atoms with Gasteiger partial charge in [0.15, 0.2) is 0 Å². The first-order valence-electron chi connectivity index (χ1n) is 10.8. The predicted octanol–water partition coefficient (Wildman–Crippen LogP) is 4.10. The molecule has 1 N–H and O–H groups in total. The number of hydrogen-bond donors (Lipinski definition) is 1. The molecule has 0 bridgehead atoms. The molecule has 4 rings (SSSR count). The lowest BCUT2D eigenvalue weighted by atomic mass is 9.95. The van der Waals surface area contributed by atoms with Crippen molar-refractivity contribution in [3.63, 3.8) is 0 Å². The smallest absolute Gasteiger partial charge is 0.295 e. The van der Waals surface area contributed by atoms with Crippen LogP contribution in [0.1, 0.15) is 23.6 Å². The van der Waals surface area contributed by atoms with Gasteiger partial charge in [0.25, 0.3) is 11.7 Å². The van der Waals surface area contributed by atoms with Gasteiger partial charge in [-0.2, -0.15) is 0 Å². The summed E-state index contributed by atoms with van der Waals surface area (Å²) in [7, 11) is 0. The van der Waals surface area contributed by atoms with Crippen molar-refractivity contribution < 1.29 is 23.8 Å². The van der Waals surface area contributed by atoms with Crippen LogP contribution in [-0.2, 0) is 16.1 Å². The number of carbonyl (C=O) groups excluding carboxylic acids is 2. The molecule has 34 heavy (non-hydrogen) atoms. The molecule has 2 heterocycles. The Labute approximate surface area is 196 Å². The first-order valence-corrected chi connectivity index (χ1v) is 10.8. The molecule has 3 aromatic rings. The normalized spacial score (nSPS) is 17.2. The van der Waals surface area contributed by atoms with E-state index in [0.717, 1.165) is 0 Å². The summed E-state index contributed by atoms with van der Waals surface area (Å²) in [6.07, 6.45) is 7.23. The Hall–Kier alpha value is -4.20. The third-order valence-corrected chi connectivity index (χ3v) is 5.61. The average molecular weight is 461 g/mol. The number of ether oxygens (including phenoxy) is 1. The Balaban J connectivity index is 1.70. The molecular formula is C26H24FN3O4. The molecule has 0 saturated carbocycles. The fourth-order valence-electron chi connectivity index (χ4n) is 3.99. The average Bonchev–Trinajstić information content (AvgIpc) is 3.45. The molecule has 7 nitrogen and oxygen atoms in total. The predicted molar refractivity (Wildman–Crippen MR) is 124 cm³/mol. The van der Waals surface area contributed by atoms with Gasteiger partial charge in [-0.3, -0.25) is 9.59 Å². The van der Waals surface area contributed by atoms with Crippen molar-refractivity contribution >= 4 is 17.4 Å². The lowest BCUT2D eigenvalue weighted by Gasteiger charge is -2.25. The van der Waals surface area contributed by atoms with E-state index < -0.39 is 23.5 Å². The number of aromatic nitrogens is 2. The van der Waals surface area contributed by atoms with Crippen LogP contribution in [0.2, 0.25) is 0 Å². The van der Waals surface area contributed by atoms with Crippen LogP contribution in [0.5, 0.6) is 5.75 Å². The van der Waals surface area contributed by atoms with E-state index >= 15 is 0 Å². The van der Waals surface area contributed by atoms with Crippen molar-refractivity contribution in [1.29, 1.82) is 0 Å². The van der Waals surface area contributed by atoms with Gasteiger partial charge in [0.1, 0.15) is 23.9 Å². The van der Waals surface area contributed by atoms with Gasteiger partial charge in [-0.1, -0.05) is 30.9 Å². The number of benzene rings is 2. The van der Waals surface area contributed by atoms with Gasteiger partial charge in [0.2, 0.25) is 0 Å². The lowest BCUT2D eigenvalue weighted by Crippen LogP contribution is -2.31. The van der Waals surface area contributed by atoms with Crippen LogP contribution < -0.4 is 4.74 Å². The maximum absolute atomic E-state index is 14.8. The topological polar surface area (TPSA) is 84.7 Å². The summed E-state index contributed by atoms with van der Waals surface area (Å²) in [4.78, 5) is 31.3. The third kappa shape index (κ3) is 4.61. The van der Waals surface area contributed by atoms with E-state index in [0.29, 0.717) is 30.9 Å². The number of Topliss-reactive ketones (excluding diaryl/α,β-unsaturated/α-hetero) is 1. The number of carbonyl (C=O) groups is 2. The van der Waals surface area contributed by atoms with Crippen molar-refractivity contribution in [2.75, 3.05) is 13.2 Å².